The van der Waals surface area contributed by atoms with Crippen molar-refractivity contribution in [1.82, 2.24) is 9.55 Å². The third kappa shape index (κ3) is 3.06. The van der Waals surface area contributed by atoms with Crippen LogP contribution in [0.15, 0.2) is 35.1 Å². The summed E-state index contributed by atoms with van der Waals surface area (Å²) >= 11 is 3.37. The van der Waals surface area contributed by atoms with Gasteiger partial charge >= 0.3 is 0 Å². The number of nitrogens with zero attached hydrogens (tertiary/aromatic N) is 2. The Bertz CT molecular complexity index is 510. The first kappa shape index (κ1) is 12.1. The van der Waals surface area contributed by atoms with Crippen LogP contribution in [0.3, 0.4) is 0 Å². The van der Waals surface area contributed by atoms with Crippen LogP contribution in [0.2, 0.25) is 0 Å². The molecule has 0 aliphatic heterocycles. The summed E-state index contributed by atoms with van der Waals surface area (Å²) in [6.07, 6.45) is 4.48. The van der Waals surface area contributed by atoms with Gasteiger partial charge in [0.25, 0.3) is 0 Å². The summed E-state index contributed by atoms with van der Waals surface area (Å²) in [5.41, 5.74) is 0.763. The number of hydrogen-bond acceptors (Lipinski definition) is 2. The summed E-state index contributed by atoms with van der Waals surface area (Å²) in [7, 11) is 1.96. The summed E-state index contributed by atoms with van der Waals surface area (Å²) < 4.78 is 15.9. The van der Waals surface area contributed by atoms with Gasteiger partial charge in [-0.15, -0.1) is 0 Å². The van der Waals surface area contributed by atoms with E-state index in [4.69, 9.17) is 0 Å². The van der Waals surface area contributed by atoms with E-state index in [0.717, 1.165) is 22.4 Å². The number of nitrogens with one attached hydrogen (secondary N) is 1. The van der Waals surface area contributed by atoms with Gasteiger partial charge in [-0.05, 0) is 34.1 Å². The van der Waals surface area contributed by atoms with E-state index in [1.54, 1.807) is 12.3 Å². The molecule has 5 heteroatoms. The number of halogens is 2. The van der Waals surface area contributed by atoms with E-state index in [-0.39, 0.29) is 5.82 Å². The van der Waals surface area contributed by atoms with Crippen LogP contribution in [-0.2, 0) is 13.5 Å². The number of anilines is 1. The first-order valence-electron chi connectivity index (χ1n) is 5.32. The molecule has 0 amide bonds. The fraction of sp³-hybridized carbons (Fsp3) is 0.250. The Morgan fingerprint density at radius 1 is 1.47 bits per heavy atom. The van der Waals surface area contributed by atoms with Crippen molar-refractivity contribution < 1.29 is 4.39 Å². The zero-order chi connectivity index (χ0) is 12.3. The van der Waals surface area contributed by atoms with Gasteiger partial charge in [0.15, 0.2) is 0 Å². The van der Waals surface area contributed by atoms with Gasteiger partial charge < -0.3 is 9.88 Å². The predicted octanol–water partition coefficient (Wildman–Crippen LogP) is 2.98. The van der Waals surface area contributed by atoms with E-state index in [0.29, 0.717) is 6.54 Å². The van der Waals surface area contributed by atoms with Crippen LogP contribution in [-0.4, -0.2) is 16.1 Å². The number of aromatic nitrogens is 2. The molecule has 0 aliphatic rings. The van der Waals surface area contributed by atoms with E-state index in [9.17, 15) is 4.39 Å². The molecule has 1 N–H and O–H groups in total. The molecule has 0 atom stereocenters. The molecule has 1 aromatic heterocycles. The highest BCUT2D eigenvalue weighted by atomic mass is 79.9. The summed E-state index contributed by atoms with van der Waals surface area (Å²) in [6.45, 7) is 0.715. The lowest BCUT2D eigenvalue weighted by molar-refractivity contribution is 0.628. The van der Waals surface area contributed by atoms with Crippen LogP contribution in [0.5, 0.6) is 0 Å². The second-order valence-corrected chi connectivity index (χ2v) is 4.61. The maximum absolute atomic E-state index is 13.0. The Labute approximate surface area is 108 Å². The quantitative estimate of drug-likeness (QED) is 0.940. The van der Waals surface area contributed by atoms with E-state index in [1.165, 1.54) is 12.1 Å². The van der Waals surface area contributed by atoms with Gasteiger partial charge in [-0.2, -0.15) is 0 Å². The van der Waals surface area contributed by atoms with Crippen molar-refractivity contribution in [2.75, 3.05) is 11.9 Å². The largest absolute Gasteiger partial charge is 0.384 e. The van der Waals surface area contributed by atoms with Crippen molar-refractivity contribution in [2.24, 2.45) is 7.05 Å². The third-order valence-electron chi connectivity index (χ3n) is 2.51. The molecule has 3 nitrogen and oxygen atoms in total. The number of aryl methyl sites for hydroxylation is 1. The molecule has 90 valence electrons. The van der Waals surface area contributed by atoms with E-state index in [2.05, 4.69) is 26.2 Å². The highest BCUT2D eigenvalue weighted by Crippen LogP contribution is 2.22. The molecule has 2 aromatic rings. The van der Waals surface area contributed by atoms with E-state index >= 15 is 0 Å². The number of hydrogen-bond donors (Lipinski definition) is 1. The first-order valence-corrected chi connectivity index (χ1v) is 6.11. The number of imidazole rings is 1. The molecule has 1 heterocycles. The molecule has 1 aromatic carbocycles. The van der Waals surface area contributed by atoms with Crippen LogP contribution in [0.25, 0.3) is 0 Å². The van der Waals surface area contributed by atoms with Crippen molar-refractivity contribution in [3.8, 4) is 0 Å². The normalized spacial score (nSPS) is 10.5. The van der Waals surface area contributed by atoms with Crippen LogP contribution in [0.1, 0.15) is 5.82 Å². The molecule has 0 unspecified atom stereocenters. The second kappa shape index (κ2) is 5.31. The first-order chi connectivity index (χ1) is 8.16. The fourth-order valence-corrected chi connectivity index (χ4v) is 1.97. The molecular formula is C12H13BrFN3. The minimum atomic E-state index is -0.243. The minimum Gasteiger partial charge on any atom is -0.384 e. The van der Waals surface area contributed by atoms with Crippen molar-refractivity contribution in [3.63, 3.8) is 0 Å². The minimum absolute atomic E-state index is 0.243. The highest BCUT2D eigenvalue weighted by Gasteiger charge is 2.02. The fourth-order valence-electron chi connectivity index (χ4n) is 1.58. The molecule has 2 rings (SSSR count). The summed E-state index contributed by atoms with van der Waals surface area (Å²) in [5.74, 6) is 0.762. The maximum Gasteiger partial charge on any atom is 0.125 e. The van der Waals surface area contributed by atoms with Crippen LogP contribution >= 0.6 is 15.9 Å². The van der Waals surface area contributed by atoms with Gasteiger partial charge in [-0.3, -0.25) is 0 Å². The smallest absolute Gasteiger partial charge is 0.125 e. The van der Waals surface area contributed by atoms with Crippen LogP contribution in [0, 0.1) is 5.82 Å². The summed E-state index contributed by atoms with van der Waals surface area (Å²) in [6, 6.07) is 4.59. The Balaban J connectivity index is 1.94. The van der Waals surface area contributed by atoms with Gasteiger partial charge in [0.05, 0.1) is 5.69 Å². The molecule has 0 fully saturated rings. The van der Waals surface area contributed by atoms with Crippen molar-refractivity contribution in [2.45, 2.75) is 6.42 Å². The Morgan fingerprint density at radius 2 is 2.29 bits per heavy atom. The van der Waals surface area contributed by atoms with Gasteiger partial charge in [0.2, 0.25) is 0 Å². The topological polar surface area (TPSA) is 29.9 Å². The van der Waals surface area contributed by atoms with E-state index < -0.39 is 0 Å². The molecular weight excluding hydrogens is 285 g/mol. The number of benzene rings is 1. The SMILES string of the molecule is Cn1ccnc1CCNc1cc(F)ccc1Br. The second-order valence-electron chi connectivity index (χ2n) is 3.76. The monoisotopic (exact) mass is 297 g/mol. The Kier molecular flexibility index (Phi) is 3.78. The third-order valence-corrected chi connectivity index (χ3v) is 3.20. The molecule has 0 bridgehead atoms. The molecule has 0 saturated carbocycles. The highest BCUT2D eigenvalue weighted by molar-refractivity contribution is 9.10. The van der Waals surface area contributed by atoms with Crippen molar-refractivity contribution in [1.29, 1.82) is 0 Å². The van der Waals surface area contributed by atoms with Gasteiger partial charge in [-0.25, -0.2) is 9.37 Å². The zero-order valence-corrected chi connectivity index (χ0v) is 11.0. The van der Waals surface area contributed by atoms with Gasteiger partial charge in [-0.1, -0.05) is 0 Å². The average Bonchev–Trinajstić information content (AvgIpc) is 2.70. The Hall–Kier alpha value is -1.36. The molecule has 0 spiro atoms. The number of rotatable bonds is 4. The lowest BCUT2D eigenvalue weighted by atomic mass is 10.3. The maximum atomic E-state index is 13.0. The Morgan fingerprint density at radius 3 is 3.00 bits per heavy atom. The summed E-state index contributed by atoms with van der Waals surface area (Å²) in [5, 5.41) is 3.18. The lowest BCUT2D eigenvalue weighted by Gasteiger charge is -2.08. The lowest BCUT2D eigenvalue weighted by Crippen LogP contribution is -2.09. The average molecular weight is 298 g/mol. The standard InChI is InChI=1S/C12H13BrFN3/c1-17-7-6-16-12(17)4-5-15-11-8-9(14)2-3-10(11)13/h2-3,6-8,15H,4-5H2,1H3. The molecule has 0 radical (unpaired) electrons. The molecule has 0 saturated heterocycles. The predicted molar refractivity (Wildman–Crippen MR) is 69.5 cm³/mol. The molecule has 0 aliphatic carbocycles. The van der Waals surface area contributed by atoms with Crippen LogP contribution in [0.4, 0.5) is 10.1 Å². The van der Waals surface area contributed by atoms with Gasteiger partial charge in [0, 0.05) is 36.9 Å². The summed E-state index contributed by atoms with van der Waals surface area (Å²) in [4.78, 5) is 4.22. The van der Waals surface area contributed by atoms with Gasteiger partial charge in [0.1, 0.15) is 11.6 Å². The van der Waals surface area contributed by atoms with Crippen molar-refractivity contribution in [3.05, 3.63) is 46.7 Å². The van der Waals surface area contributed by atoms with E-state index in [1.807, 2.05) is 17.8 Å². The van der Waals surface area contributed by atoms with Crippen molar-refractivity contribution >= 4 is 21.6 Å². The van der Waals surface area contributed by atoms with Crippen LogP contribution < -0.4 is 5.32 Å². The zero-order valence-electron chi connectivity index (χ0n) is 9.45. The molecule has 17 heavy (non-hydrogen) atoms.